The molecule has 2 aromatic carbocycles. The SMILES string of the molecule is CC.CC.CC.CCON=C(c1ccccc1)n1[c-]nnn1.ON=C(c1ccccc1)n1[c-]nnn1.[Y].[Y]. The minimum Gasteiger partial charge on any atom is -0.427 e. The normalized spacial score (nSPS) is 9.55. The quantitative estimate of drug-likeness (QED) is 0.113. The predicted octanol–water partition coefficient (Wildman–Crippen LogP) is 3.95. The van der Waals surface area contributed by atoms with Gasteiger partial charge in [0.25, 0.3) is 0 Å². The fraction of sp³-hybridized carbons (Fsp3) is 0.333. The summed E-state index contributed by atoms with van der Waals surface area (Å²) in [6.07, 6.45) is 5.02. The van der Waals surface area contributed by atoms with Gasteiger partial charge in [0.1, 0.15) is 6.61 Å². The Morgan fingerprint density at radius 2 is 1.13 bits per heavy atom. The molecule has 1 N–H and O–H groups in total. The third kappa shape index (κ3) is 14.6. The monoisotopic (exact) mass is 672 g/mol. The van der Waals surface area contributed by atoms with Crippen molar-refractivity contribution in [3.8, 4) is 0 Å². The summed E-state index contributed by atoms with van der Waals surface area (Å²) in [7, 11) is 0. The second-order valence-electron chi connectivity index (χ2n) is 5.37. The van der Waals surface area contributed by atoms with E-state index in [-0.39, 0.29) is 71.3 Å². The summed E-state index contributed by atoms with van der Waals surface area (Å²) in [6, 6.07) is 18.6. The number of hydrogen-bond acceptors (Lipinski definition) is 10. The van der Waals surface area contributed by atoms with E-state index in [1.165, 1.54) is 4.68 Å². The van der Waals surface area contributed by atoms with E-state index in [1.807, 2.05) is 97.0 Å². The molecule has 0 amide bonds. The van der Waals surface area contributed by atoms with Crippen LogP contribution in [0.2, 0.25) is 0 Å². The van der Waals surface area contributed by atoms with Crippen LogP contribution in [0.25, 0.3) is 0 Å². The van der Waals surface area contributed by atoms with E-state index in [0.717, 1.165) is 10.2 Å². The molecule has 2 heterocycles. The van der Waals surface area contributed by atoms with Crippen LogP contribution in [0.4, 0.5) is 0 Å². The van der Waals surface area contributed by atoms with Gasteiger partial charge in [-0.2, -0.15) is 10.3 Å². The summed E-state index contributed by atoms with van der Waals surface area (Å²) < 4.78 is 2.50. The summed E-state index contributed by atoms with van der Waals surface area (Å²) in [4.78, 5) is 5.03. The molecule has 0 aliphatic carbocycles. The van der Waals surface area contributed by atoms with Gasteiger partial charge in [-0.1, -0.05) is 124 Å². The van der Waals surface area contributed by atoms with Crippen molar-refractivity contribution in [2.45, 2.75) is 48.5 Å². The molecule has 14 heteroatoms. The summed E-state index contributed by atoms with van der Waals surface area (Å²) in [5, 5.41) is 36.9. The van der Waals surface area contributed by atoms with Gasteiger partial charge in [-0.3, -0.25) is 0 Å². The van der Waals surface area contributed by atoms with Crippen LogP contribution in [-0.2, 0) is 70.3 Å². The molecule has 0 saturated heterocycles. The molecule has 12 nitrogen and oxygen atoms in total. The van der Waals surface area contributed by atoms with Crippen LogP contribution in [0.15, 0.2) is 71.0 Å². The molecule has 0 aliphatic heterocycles. The summed E-state index contributed by atoms with van der Waals surface area (Å²) in [6.45, 7) is 14.3. The Morgan fingerprint density at radius 1 is 0.737 bits per heavy atom. The molecule has 0 spiro atoms. The van der Waals surface area contributed by atoms with Crippen LogP contribution in [-0.4, -0.2) is 63.9 Å². The van der Waals surface area contributed by atoms with Gasteiger partial charge < -0.3 is 19.4 Å². The van der Waals surface area contributed by atoms with Crippen molar-refractivity contribution >= 4 is 11.7 Å². The van der Waals surface area contributed by atoms with Crippen molar-refractivity contribution in [1.82, 2.24) is 40.4 Å². The van der Waals surface area contributed by atoms with E-state index in [0.29, 0.717) is 18.0 Å². The number of hydrogen-bond donors (Lipinski definition) is 1. The van der Waals surface area contributed by atoms with Crippen LogP contribution in [0.1, 0.15) is 59.6 Å². The summed E-state index contributed by atoms with van der Waals surface area (Å²) >= 11 is 0. The van der Waals surface area contributed by atoms with E-state index in [2.05, 4.69) is 54.0 Å². The van der Waals surface area contributed by atoms with E-state index >= 15 is 0 Å². The van der Waals surface area contributed by atoms with Crippen molar-refractivity contribution in [3.63, 3.8) is 0 Å². The van der Waals surface area contributed by atoms with Crippen LogP contribution >= 0.6 is 0 Å². The first-order valence-electron chi connectivity index (χ1n) is 11.7. The molecule has 38 heavy (non-hydrogen) atoms. The minimum absolute atomic E-state index is 0. The first-order valence-corrected chi connectivity index (χ1v) is 11.7. The van der Waals surface area contributed by atoms with Gasteiger partial charge in [0, 0.05) is 77.1 Å². The van der Waals surface area contributed by atoms with Gasteiger partial charge in [-0.05, 0) is 30.0 Å². The van der Waals surface area contributed by atoms with Crippen molar-refractivity contribution < 1.29 is 75.5 Å². The molecule has 0 aliphatic rings. The molecule has 4 aromatic rings. The fourth-order valence-corrected chi connectivity index (χ4v) is 2.20. The summed E-state index contributed by atoms with van der Waals surface area (Å²) in [5.74, 6) is 0.739. The molecule has 2 aromatic heterocycles. The maximum atomic E-state index is 8.80. The Labute approximate surface area is 275 Å². The van der Waals surface area contributed by atoms with Crippen molar-refractivity contribution in [2.24, 2.45) is 10.3 Å². The zero-order valence-electron chi connectivity index (χ0n) is 23.0. The number of aromatic nitrogens is 8. The van der Waals surface area contributed by atoms with Crippen LogP contribution in [0.5, 0.6) is 0 Å². The third-order valence-corrected chi connectivity index (χ3v) is 3.47. The number of oxime groups is 2. The molecular weight excluding hydrogens is 638 g/mol. The van der Waals surface area contributed by atoms with Crippen LogP contribution < -0.4 is 0 Å². The molecule has 2 radical (unpaired) electrons. The number of tetrazole rings is 2. The largest absolute Gasteiger partial charge is 0.427 e. The topological polar surface area (TPSA) is 141 Å². The van der Waals surface area contributed by atoms with Gasteiger partial charge in [-0.25, -0.2) is 10.2 Å². The molecular formula is C24H34N10O2Y2-2. The minimum atomic E-state index is 0. The number of benzene rings is 2. The van der Waals surface area contributed by atoms with Crippen LogP contribution in [0, 0.1) is 12.7 Å². The number of rotatable bonds is 4. The maximum absolute atomic E-state index is 8.80. The van der Waals surface area contributed by atoms with Crippen molar-refractivity contribution in [2.75, 3.05) is 6.61 Å². The van der Waals surface area contributed by atoms with Crippen molar-refractivity contribution in [3.05, 3.63) is 84.4 Å². The molecule has 0 saturated carbocycles. The Morgan fingerprint density at radius 3 is 1.47 bits per heavy atom. The smallest absolute Gasteiger partial charge is 0.112 e. The van der Waals surface area contributed by atoms with Crippen LogP contribution in [0.3, 0.4) is 0 Å². The zero-order chi connectivity index (χ0) is 27.0. The van der Waals surface area contributed by atoms with Gasteiger partial charge in [0.05, 0.1) is 0 Å². The Balaban J connectivity index is -0.000000518. The zero-order valence-corrected chi connectivity index (χ0v) is 28.6. The molecule has 0 fully saturated rings. The first-order chi connectivity index (χ1) is 17.8. The molecule has 200 valence electrons. The standard InChI is InChI=1S/C10H10N5O.C8H6N5O.3C2H6.2Y/c1-2-16-12-10(15-8-11-13-14-15)9-6-4-3-5-7-9;14-10-8(13-6-9-11-12-13)7-4-2-1-3-5-7;3*1-2;;/h3-7H,2H2,1H3;1-5,14H;3*1-2H3;;/q2*-1;;;;;. The second kappa shape index (κ2) is 27.8. The van der Waals surface area contributed by atoms with Gasteiger partial charge >= 0.3 is 0 Å². The van der Waals surface area contributed by atoms with Gasteiger partial charge in [-0.15, -0.1) is 0 Å². The predicted molar refractivity (Wildman–Crippen MR) is 138 cm³/mol. The van der Waals surface area contributed by atoms with Crippen molar-refractivity contribution in [1.29, 1.82) is 0 Å². The molecule has 0 bridgehead atoms. The molecule has 4 rings (SSSR count). The molecule has 0 atom stereocenters. The van der Waals surface area contributed by atoms with E-state index < -0.39 is 0 Å². The fourth-order valence-electron chi connectivity index (χ4n) is 2.20. The first kappa shape index (κ1) is 40.2. The average Bonchev–Trinajstić information content (AvgIpc) is 3.70. The Bertz CT molecular complexity index is 1060. The Hall–Kier alpha value is -2.27. The molecule has 0 unspecified atom stereocenters. The number of nitrogens with zero attached hydrogens (tertiary/aromatic N) is 10. The second-order valence-corrected chi connectivity index (χ2v) is 5.37. The van der Waals surface area contributed by atoms with E-state index in [9.17, 15) is 0 Å². The summed E-state index contributed by atoms with van der Waals surface area (Å²) in [5.41, 5.74) is 1.57. The Kier molecular flexibility index (Phi) is 29.4. The average molecular weight is 672 g/mol. The van der Waals surface area contributed by atoms with E-state index in [4.69, 9.17) is 10.0 Å². The third-order valence-electron chi connectivity index (χ3n) is 3.47. The van der Waals surface area contributed by atoms with Gasteiger partial charge in [0.2, 0.25) is 0 Å². The maximum Gasteiger partial charge on any atom is 0.112 e. The van der Waals surface area contributed by atoms with Gasteiger partial charge in [0.15, 0.2) is 0 Å². The van der Waals surface area contributed by atoms with E-state index in [1.54, 1.807) is 12.1 Å².